The molecule has 1 aliphatic rings. The predicted molar refractivity (Wildman–Crippen MR) is 109 cm³/mol. The normalized spacial score (nSPS) is 20.6. The molecular weight excluding hydrogens is 356 g/mol. The highest BCUT2D eigenvalue weighted by molar-refractivity contribution is 6.99. The number of hydrogen-bond donors (Lipinski definition) is 1. The van der Waals surface area contributed by atoms with E-state index in [1.54, 1.807) is 0 Å². The summed E-state index contributed by atoms with van der Waals surface area (Å²) in [5.41, 5.74) is 0. The van der Waals surface area contributed by atoms with Crippen LogP contribution in [0.25, 0.3) is 0 Å². The first kappa shape index (κ1) is 19.8. The summed E-state index contributed by atoms with van der Waals surface area (Å²) in [5, 5.41) is 11.5. The minimum Gasteiger partial charge on any atom is -0.479 e. The quantitative estimate of drug-likeness (QED) is 0.777. The highest BCUT2D eigenvalue weighted by atomic mass is 28.4. The Bertz CT molecular complexity index is 715. The molecular formula is C22H28O4Si. The Labute approximate surface area is 162 Å². The van der Waals surface area contributed by atoms with Crippen LogP contribution in [0.15, 0.2) is 60.7 Å². The van der Waals surface area contributed by atoms with Crippen molar-refractivity contribution in [2.24, 2.45) is 0 Å². The average molecular weight is 385 g/mol. The summed E-state index contributed by atoms with van der Waals surface area (Å²) in [6, 6.07) is 20.9. The van der Waals surface area contributed by atoms with E-state index in [-0.39, 0.29) is 11.1 Å². The molecule has 2 aromatic carbocycles. The first-order valence-corrected chi connectivity index (χ1v) is 11.4. The molecule has 27 heavy (non-hydrogen) atoms. The lowest BCUT2D eigenvalue weighted by atomic mass is 10.2. The van der Waals surface area contributed by atoms with Gasteiger partial charge in [-0.05, 0) is 28.3 Å². The fourth-order valence-corrected chi connectivity index (χ4v) is 8.58. The third-order valence-electron chi connectivity index (χ3n) is 5.29. The van der Waals surface area contributed by atoms with Crippen LogP contribution in [-0.2, 0) is 14.0 Å². The Hall–Kier alpha value is -1.95. The molecule has 1 N–H and O–H groups in total. The van der Waals surface area contributed by atoms with Crippen LogP contribution in [0.5, 0.6) is 0 Å². The molecule has 0 saturated carbocycles. The Kier molecular flexibility index (Phi) is 5.84. The standard InChI is InChI=1S/C22H28O4Si/c1-22(2,3)27(18-10-6-4-7-11-18,19-12-8-5-9-13-19)25-16-17-14-15-20(26-17)21(23)24/h4-13,17,20H,14-16H2,1-3H3,(H,23,24)/t17?,20-/m1/s1. The molecule has 5 heteroatoms. The number of carboxylic acid groups (broad SMARTS) is 1. The van der Waals surface area contributed by atoms with Gasteiger partial charge in [0.1, 0.15) is 0 Å². The largest absolute Gasteiger partial charge is 0.479 e. The molecule has 1 fully saturated rings. The van der Waals surface area contributed by atoms with Crippen LogP contribution in [0.1, 0.15) is 33.6 Å². The fraction of sp³-hybridized carbons (Fsp3) is 0.409. The maximum Gasteiger partial charge on any atom is 0.332 e. The molecule has 0 amide bonds. The van der Waals surface area contributed by atoms with Gasteiger partial charge in [0.25, 0.3) is 8.32 Å². The summed E-state index contributed by atoms with van der Waals surface area (Å²) in [6.45, 7) is 7.11. The van der Waals surface area contributed by atoms with Gasteiger partial charge in [0.05, 0.1) is 12.7 Å². The number of carboxylic acids is 1. The van der Waals surface area contributed by atoms with E-state index < -0.39 is 20.4 Å². The molecule has 1 heterocycles. The zero-order chi connectivity index (χ0) is 19.5. The highest BCUT2D eigenvalue weighted by Crippen LogP contribution is 2.37. The minimum absolute atomic E-state index is 0.0967. The van der Waals surface area contributed by atoms with Gasteiger partial charge in [-0.1, -0.05) is 81.4 Å². The van der Waals surface area contributed by atoms with Gasteiger partial charge < -0.3 is 14.3 Å². The number of ether oxygens (including phenoxy) is 1. The van der Waals surface area contributed by atoms with Gasteiger partial charge in [-0.25, -0.2) is 4.79 Å². The molecule has 2 atom stereocenters. The topological polar surface area (TPSA) is 55.8 Å². The second kappa shape index (κ2) is 7.96. The first-order chi connectivity index (χ1) is 12.8. The fourth-order valence-electron chi connectivity index (χ4n) is 3.99. The van der Waals surface area contributed by atoms with Gasteiger partial charge in [0.2, 0.25) is 0 Å². The number of carbonyl (C=O) groups is 1. The molecule has 4 nitrogen and oxygen atoms in total. The second-order valence-electron chi connectivity index (χ2n) is 8.14. The van der Waals surface area contributed by atoms with Gasteiger partial charge in [0.15, 0.2) is 6.10 Å². The zero-order valence-corrected chi connectivity index (χ0v) is 17.2. The van der Waals surface area contributed by atoms with E-state index >= 15 is 0 Å². The maximum absolute atomic E-state index is 11.2. The van der Waals surface area contributed by atoms with Crippen LogP contribution in [0.4, 0.5) is 0 Å². The van der Waals surface area contributed by atoms with Crippen LogP contribution in [0.2, 0.25) is 5.04 Å². The molecule has 0 aromatic heterocycles. The highest BCUT2D eigenvalue weighted by Gasteiger charge is 2.50. The van der Waals surface area contributed by atoms with Crippen molar-refractivity contribution in [1.82, 2.24) is 0 Å². The van der Waals surface area contributed by atoms with Crippen molar-refractivity contribution in [2.75, 3.05) is 6.61 Å². The number of aliphatic carboxylic acids is 1. The molecule has 2 aromatic rings. The minimum atomic E-state index is -2.59. The van der Waals surface area contributed by atoms with Crippen LogP contribution in [-0.4, -0.2) is 38.2 Å². The Morgan fingerprint density at radius 2 is 1.56 bits per heavy atom. The lowest BCUT2D eigenvalue weighted by molar-refractivity contribution is -0.149. The third-order valence-corrected chi connectivity index (χ3v) is 10.3. The molecule has 3 rings (SSSR count). The van der Waals surface area contributed by atoms with Gasteiger partial charge in [-0.15, -0.1) is 0 Å². The SMILES string of the molecule is CC(C)(C)[Si](OCC1CC[C@H](C(=O)O)O1)(c1ccccc1)c1ccccc1. The van der Waals surface area contributed by atoms with Crippen molar-refractivity contribution < 1.29 is 19.1 Å². The Morgan fingerprint density at radius 3 is 1.96 bits per heavy atom. The van der Waals surface area contributed by atoms with Crippen molar-refractivity contribution >= 4 is 24.7 Å². The smallest absolute Gasteiger partial charge is 0.332 e. The van der Waals surface area contributed by atoms with Gasteiger partial charge >= 0.3 is 5.97 Å². The summed E-state index contributed by atoms with van der Waals surface area (Å²) in [5.74, 6) is -0.886. The predicted octanol–water partition coefficient (Wildman–Crippen LogP) is 3.20. The van der Waals surface area contributed by atoms with E-state index in [0.717, 1.165) is 6.42 Å². The third kappa shape index (κ3) is 4.00. The molecule has 0 spiro atoms. The van der Waals surface area contributed by atoms with Crippen LogP contribution in [0, 0.1) is 0 Å². The molecule has 1 aliphatic heterocycles. The van der Waals surface area contributed by atoms with Crippen LogP contribution >= 0.6 is 0 Å². The summed E-state index contributed by atoms with van der Waals surface area (Å²) < 4.78 is 12.5. The van der Waals surface area contributed by atoms with Crippen LogP contribution < -0.4 is 10.4 Å². The summed E-state index contributed by atoms with van der Waals surface area (Å²) >= 11 is 0. The molecule has 0 bridgehead atoms. The molecule has 0 aliphatic carbocycles. The molecule has 0 radical (unpaired) electrons. The lowest BCUT2D eigenvalue weighted by Gasteiger charge is -2.43. The van der Waals surface area contributed by atoms with E-state index in [0.29, 0.717) is 13.0 Å². The molecule has 1 saturated heterocycles. The van der Waals surface area contributed by atoms with Crippen molar-refractivity contribution in [3.05, 3.63) is 60.7 Å². The van der Waals surface area contributed by atoms with E-state index in [9.17, 15) is 9.90 Å². The second-order valence-corrected chi connectivity index (χ2v) is 12.4. The Balaban J connectivity index is 1.96. The van der Waals surface area contributed by atoms with Gasteiger partial charge in [-0.3, -0.25) is 0 Å². The summed E-state index contributed by atoms with van der Waals surface area (Å²) in [4.78, 5) is 11.2. The van der Waals surface area contributed by atoms with Gasteiger partial charge in [0, 0.05) is 0 Å². The van der Waals surface area contributed by atoms with E-state index in [1.165, 1.54) is 10.4 Å². The van der Waals surface area contributed by atoms with Crippen molar-refractivity contribution in [3.63, 3.8) is 0 Å². The Morgan fingerprint density at radius 1 is 1.04 bits per heavy atom. The number of benzene rings is 2. The van der Waals surface area contributed by atoms with Crippen molar-refractivity contribution in [3.8, 4) is 0 Å². The maximum atomic E-state index is 11.2. The van der Waals surface area contributed by atoms with E-state index in [2.05, 4.69) is 69.3 Å². The summed E-state index contributed by atoms with van der Waals surface area (Å²) in [6.07, 6.45) is 0.379. The number of rotatable bonds is 6. The van der Waals surface area contributed by atoms with Crippen molar-refractivity contribution in [1.29, 1.82) is 0 Å². The lowest BCUT2D eigenvalue weighted by Crippen LogP contribution is -2.67. The molecule has 1 unspecified atom stereocenters. The van der Waals surface area contributed by atoms with E-state index in [4.69, 9.17) is 9.16 Å². The number of hydrogen-bond acceptors (Lipinski definition) is 3. The van der Waals surface area contributed by atoms with Crippen molar-refractivity contribution in [2.45, 2.75) is 50.9 Å². The average Bonchev–Trinajstić information content (AvgIpc) is 3.12. The van der Waals surface area contributed by atoms with E-state index in [1.807, 2.05) is 12.1 Å². The summed E-state index contributed by atoms with van der Waals surface area (Å²) in [7, 11) is -2.59. The first-order valence-electron chi connectivity index (χ1n) is 9.48. The van der Waals surface area contributed by atoms with Gasteiger partial charge in [-0.2, -0.15) is 0 Å². The van der Waals surface area contributed by atoms with Crippen LogP contribution in [0.3, 0.4) is 0 Å². The zero-order valence-electron chi connectivity index (χ0n) is 16.2. The molecule has 144 valence electrons. The monoisotopic (exact) mass is 384 g/mol.